The van der Waals surface area contributed by atoms with Crippen LogP contribution < -0.4 is 5.32 Å². The first kappa shape index (κ1) is 16.6. The maximum Gasteiger partial charge on any atom is 0.224 e. The van der Waals surface area contributed by atoms with Crippen molar-refractivity contribution in [3.8, 4) is 0 Å². The van der Waals surface area contributed by atoms with E-state index in [1.807, 2.05) is 32.2 Å². The van der Waals surface area contributed by atoms with E-state index in [9.17, 15) is 4.79 Å². The molecule has 7 heteroatoms. The molecule has 4 rings (SSSR count). The number of halogens is 1. The number of nitrogens with one attached hydrogen (secondary N) is 1. The zero-order chi connectivity index (χ0) is 18.3. The van der Waals surface area contributed by atoms with Gasteiger partial charge >= 0.3 is 0 Å². The molecule has 0 bridgehead atoms. The number of aryl methyl sites for hydroxylation is 2. The third-order valence-corrected chi connectivity index (χ3v) is 5.05. The maximum atomic E-state index is 12.4. The van der Waals surface area contributed by atoms with Crippen molar-refractivity contribution >= 4 is 34.1 Å². The Labute approximate surface area is 154 Å². The van der Waals surface area contributed by atoms with Crippen molar-refractivity contribution in [3.05, 3.63) is 64.3 Å². The van der Waals surface area contributed by atoms with Crippen LogP contribution in [0.5, 0.6) is 0 Å². The highest BCUT2D eigenvalue weighted by Crippen LogP contribution is 2.32. The van der Waals surface area contributed by atoms with E-state index in [-0.39, 0.29) is 12.3 Å². The van der Waals surface area contributed by atoms with Crippen LogP contribution in [0.4, 0.5) is 0 Å². The summed E-state index contributed by atoms with van der Waals surface area (Å²) in [4.78, 5) is 16.7. The van der Waals surface area contributed by atoms with Crippen LogP contribution >= 0.6 is 11.6 Å². The number of nitrogens with zero attached hydrogens (tertiary/aromatic N) is 3. The first-order valence-corrected chi connectivity index (χ1v) is 8.62. The average Bonchev–Trinajstić information content (AvgIpc) is 3.22. The summed E-state index contributed by atoms with van der Waals surface area (Å²) in [5, 5.41) is 8.75. The second kappa shape index (κ2) is 6.46. The van der Waals surface area contributed by atoms with Gasteiger partial charge in [-0.15, -0.1) is 0 Å². The number of amides is 1. The minimum absolute atomic E-state index is 0.0981. The zero-order valence-corrected chi connectivity index (χ0v) is 15.2. The molecule has 132 valence electrons. The Morgan fingerprint density at radius 1 is 1.35 bits per heavy atom. The van der Waals surface area contributed by atoms with Gasteiger partial charge in [-0.2, -0.15) is 5.10 Å². The molecule has 6 nitrogen and oxygen atoms in total. The lowest BCUT2D eigenvalue weighted by atomic mass is 10.0. The lowest BCUT2D eigenvalue weighted by Gasteiger charge is -2.06. The molecule has 26 heavy (non-hydrogen) atoms. The van der Waals surface area contributed by atoms with Gasteiger partial charge in [0.1, 0.15) is 5.58 Å². The number of rotatable bonds is 4. The van der Waals surface area contributed by atoms with E-state index in [0.717, 1.165) is 38.9 Å². The summed E-state index contributed by atoms with van der Waals surface area (Å²) >= 11 is 6.35. The lowest BCUT2D eigenvalue weighted by Crippen LogP contribution is -2.24. The molecule has 0 aliphatic heterocycles. The van der Waals surface area contributed by atoms with Crippen molar-refractivity contribution in [3.63, 3.8) is 0 Å². The summed E-state index contributed by atoms with van der Waals surface area (Å²) in [6.45, 7) is 4.25. The van der Waals surface area contributed by atoms with E-state index < -0.39 is 0 Å². The van der Waals surface area contributed by atoms with Crippen molar-refractivity contribution in [1.29, 1.82) is 0 Å². The molecule has 1 aromatic carbocycles. The Kier molecular flexibility index (Phi) is 4.12. The molecule has 1 amide bonds. The van der Waals surface area contributed by atoms with Crippen molar-refractivity contribution < 1.29 is 9.21 Å². The van der Waals surface area contributed by atoms with Gasteiger partial charge < -0.3 is 9.73 Å². The minimum Gasteiger partial charge on any atom is -0.464 e. The van der Waals surface area contributed by atoms with Crippen LogP contribution in [0.1, 0.15) is 22.3 Å². The average molecular weight is 369 g/mol. The fourth-order valence-electron chi connectivity index (χ4n) is 3.17. The summed E-state index contributed by atoms with van der Waals surface area (Å²) in [7, 11) is 0. The second-order valence-electron chi connectivity index (χ2n) is 6.28. The Balaban J connectivity index is 1.52. The predicted molar refractivity (Wildman–Crippen MR) is 99.2 cm³/mol. The van der Waals surface area contributed by atoms with Crippen molar-refractivity contribution in [2.75, 3.05) is 0 Å². The number of aromatic nitrogens is 3. The smallest absolute Gasteiger partial charge is 0.224 e. The second-order valence-corrected chi connectivity index (χ2v) is 6.66. The summed E-state index contributed by atoms with van der Waals surface area (Å²) in [6.07, 6.45) is 7.08. The van der Waals surface area contributed by atoms with E-state index in [4.69, 9.17) is 16.0 Å². The summed E-state index contributed by atoms with van der Waals surface area (Å²) in [6, 6.07) is 3.71. The monoisotopic (exact) mass is 368 g/mol. The SMILES string of the molecule is Cc1cc2occ(CC(=O)NCc3cnn4cccnc34)c2c(C)c1Cl. The molecule has 0 saturated carbocycles. The highest BCUT2D eigenvalue weighted by Gasteiger charge is 2.16. The molecule has 3 aromatic heterocycles. The van der Waals surface area contributed by atoms with Gasteiger partial charge in [0.05, 0.1) is 18.9 Å². The predicted octanol–water partition coefficient (Wildman–Crippen LogP) is 3.60. The Morgan fingerprint density at radius 2 is 2.19 bits per heavy atom. The molecule has 0 atom stereocenters. The summed E-state index contributed by atoms with van der Waals surface area (Å²) < 4.78 is 7.29. The van der Waals surface area contributed by atoms with Gasteiger partial charge in [0.25, 0.3) is 0 Å². The van der Waals surface area contributed by atoms with E-state index in [0.29, 0.717) is 11.6 Å². The molecule has 0 fully saturated rings. The third-order valence-electron chi connectivity index (χ3n) is 4.47. The van der Waals surface area contributed by atoms with Crippen LogP contribution in [0.3, 0.4) is 0 Å². The first-order chi connectivity index (χ1) is 12.5. The van der Waals surface area contributed by atoms with Crippen molar-refractivity contribution in [2.45, 2.75) is 26.8 Å². The quantitative estimate of drug-likeness (QED) is 0.597. The van der Waals surface area contributed by atoms with Crippen LogP contribution in [-0.2, 0) is 17.8 Å². The fraction of sp³-hybridized carbons (Fsp3) is 0.211. The molecular formula is C19H17ClN4O2. The molecule has 0 spiro atoms. The van der Waals surface area contributed by atoms with Gasteiger partial charge in [-0.1, -0.05) is 11.6 Å². The summed E-state index contributed by atoms with van der Waals surface area (Å²) in [5.41, 5.74) is 5.08. The first-order valence-electron chi connectivity index (χ1n) is 8.24. The molecule has 0 aliphatic carbocycles. The lowest BCUT2D eigenvalue weighted by molar-refractivity contribution is -0.120. The third kappa shape index (κ3) is 2.82. The largest absolute Gasteiger partial charge is 0.464 e. The number of fused-ring (bicyclic) bond motifs is 2. The van der Waals surface area contributed by atoms with E-state index in [2.05, 4.69) is 15.4 Å². The Bertz CT molecular complexity index is 1130. The number of carbonyl (C=O) groups is 1. The Morgan fingerprint density at radius 3 is 3.04 bits per heavy atom. The molecule has 1 N–H and O–H groups in total. The number of hydrogen-bond donors (Lipinski definition) is 1. The normalized spacial score (nSPS) is 11.3. The molecule has 0 aliphatic rings. The molecule has 0 saturated heterocycles. The van der Waals surface area contributed by atoms with Crippen LogP contribution in [0, 0.1) is 13.8 Å². The van der Waals surface area contributed by atoms with Crippen LogP contribution in [0.15, 0.2) is 41.4 Å². The van der Waals surface area contributed by atoms with Gasteiger partial charge in [0, 0.05) is 40.5 Å². The van der Waals surface area contributed by atoms with Crippen molar-refractivity contribution in [2.24, 2.45) is 0 Å². The molecule has 0 radical (unpaired) electrons. The van der Waals surface area contributed by atoms with Gasteiger partial charge in [-0.3, -0.25) is 4.79 Å². The number of furan rings is 1. The maximum absolute atomic E-state index is 12.4. The highest BCUT2D eigenvalue weighted by atomic mass is 35.5. The highest BCUT2D eigenvalue weighted by molar-refractivity contribution is 6.33. The van der Waals surface area contributed by atoms with Gasteiger partial charge in [0.2, 0.25) is 5.91 Å². The molecule has 0 unspecified atom stereocenters. The standard InChI is InChI=1S/C19H17ClN4O2/c1-11-6-15-17(12(2)18(11)20)13(10-26-15)7-16(25)22-8-14-9-23-24-5-3-4-21-19(14)24/h3-6,9-10H,7-8H2,1-2H3,(H,22,25). The zero-order valence-electron chi connectivity index (χ0n) is 14.4. The fourth-order valence-corrected chi connectivity index (χ4v) is 3.32. The molecule has 4 aromatic rings. The summed E-state index contributed by atoms with van der Waals surface area (Å²) in [5.74, 6) is -0.0981. The van der Waals surface area contributed by atoms with E-state index >= 15 is 0 Å². The van der Waals surface area contributed by atoms with E-state index in [1.165, 1.54) is 0 Å². The van der Waals surface area contributed by atoms with E-state index in [1.54, 1.807) is 23.2 Å². The topological polar surface area (TPSA) is 72.4 Å². The minimum atomic E-state index is -0.0981. The van der Waals surface area contributed by atoms with Gasteiger partial charge in [-0.05, 0) is 37.1 Å². The van der Waals surface area contributed by atoms with Gasteiger partial charge in [0.15, 0.2) is 5.65 Å². The van der Waals surface area contributed by atoms with Crippen molar-refractivity contribution in [1.82, 2.24) is 19.9 Å². The number of carbonyl (C=O) groups excluding carboxylic acids is 1. The molecular weight excluding hydrogens is 352 g/mol. The molecule has 3 heterocycles. The Hall–Kier alpha value is -2.86. The van der Waals surface area contributed by atoms with Crippen LogP contribution in [0.2, 0.25) is 5.02 Å². The number of hydrogen-bond acceptors (Lipinski definition) is 4. The van der Waals surface area contributed by atoms with Crippen LogP contribution in [-0.4, -0.2) is 20.5 Å². The van der Waals surface area contributed by atoms with Crippen LogP contribution in [0.25, 0.3) is 16.6 Å². The number of benzene rings is 1. The van der Waals surface area contributed by atoms with Gasteiger partial charge in [-0.25, -0.2) is 9.50 Å².